The van der Waals surface area contributed by atoms with Crippen LogP contribution >= 0.6 is 0 Å². The summed E-state index contributed by atoms with van der Waals surface area (Å²) in [4.78, 5) is 27.5. The molecule has 1 N–H and O–H groups in total. The van der Waals surface area contributed by atoms with Gasteiger partial charge in [0.05, 0.1) is 11.6 Å². The first-order chi connectivity index (χ1) is 16.6. The van der Waals surface area contributed by atoms with Crippen LogP contribution in [0.4, 0.5) is 5.69 Å². The maximum atomic E-state index is 12.8. The van der Waals surface area contributed by atoms with E-state index in [0.717, 1.165) is 24.3 Å². The third-order valence-corrected chi connectivity index (χ3v) is 5.62. The summed E-state index contributed by atoms with van der Waals surface area (Å²) in [5.74, 6) is -0.466. The number of hydrazone groups is 1. The van der Waals surface area contributed by atoms with Crippen LogP contribution in [0.25, 0.3) is 10.8 Å². The van der Waals surface area contributed by atoms with Crippen LogP contribution in [0.5, 0.6) is 0 Å². The average Bonchev–Trinajstić information content (AvgIpc) is 2.88. The van der Waals surface area contributed by atoms with Gasteiger partial charge in [0.15, 0.2) is 5.69 Å². The normalized spacial score (nSPS) is 11.1. The fraction of sp³-hybridized carbons (Fsp3) is 0.185. The van der Waals surface area contributed by atoms with E-state index in [2.05, 4.69) is 39.6 Å². The number of fused-ring (bicyclic) bond motifs is 1. The van der Waals surface area contributed by atoms with Crippen molar-refractivity contribution >= 4 is 28.6 Å². The third-order valence-electron chi connectivity index (χ3n) is 5.62. The minimum absolute atomic E-state index is 0.170. The molecule has 0 spiro atoms. The number of carbonyl (C=O) groups excluding carboxylic acids is 1. The van der Waals surface area contributed by atoms with Gasteiger partial charge in [0.1, 0.15) is 0 Å². The number of hydrogen-bond donors (Lipinski definition) is 1. The number of benzene rings is 3. The summed E-state index contributed by atoms with van der Waals surface area (Å²) in [6, 6.07) is 25.3. The Labute approximate surface area is 198 Å². The lowest BCUT2D eigenvalue weighted by Gasteiger charge is -2.23. The molecule has 7 heteroatoms. The van der Waals surface area contributed by atoms with Crippen molar-refractivity contribution in [3.05, 3.63) is 106 Å². The Balaban J connectivity index is 1.46. The summed E-state index contributed by atoms with van der Waals surface area (Å²) >= 11 is 0. The SMILES string of the molecule is CCN(Cc1ccccc1)c1ccc(/C=N/NC(=O)c2nn(CC)c(=O)c3ccccc23)cc1. The summed E-state index contributed by atoms with van der Waals surface area (Å²) < 4.78 is 1.29. The molecule has 0 aliphatic carbocycles. The van der Waals surface area contributed by atoms with Crippen LogP contribution in [0.3, 0.4) is 0 Å². The Morgan fingerprint density at radius 3 is 2.32 bits per heavy atom. The van der Waals surface area contributed by atoms with Crippen molar-refractivity contribution in [1.29, 1.82) is 0 Å². The molecule has 4 aromatic rings. The van der Waals surface area contributed by atoms with E-state index in [-0.39, 0.29) is 11.3 Å². The molecule has 0 aliphatic heterocycles. The second-order valence-electron chi connectivity index (χ2n) is 7.81. The Kier molecular flexibility index (Phi) is 7.13. The maximum absolute atomic E-state index is 12.8. The molecule has 4 rings (SSSR count). The first-order valence-corrected chi connectivity index (χ1v) is 11.3. The first kappa shape index (κ1) is 22.9. The Morgan fingerprint density at radius 1 is 0.971 bits per heavy atom. The second-order valence-corrected chi connectivity index (χ2v) is 7.81. The molecule has 1 aromatic heterocycles. The number of aromatic nitrogens is 2. The van der Waals surface area contributed by atoms with Gasteiger partial charge in [0, 0.05) is 30.7 Å². The standard InChI is InChI=1S/C27H27N5O2/c1-3-31(19-21-10-6-5-7-11-21)22-16-14-20(15-17-22)18-28-29-26(33)25-23-12-8-9-13-24(23)27(34)32(4-2)30-25/h5-18H,3-4,19H2,1-2H3,(H,29,33)/b28-18+. The number of amides is 1. The molecule has 0 atom stereocenters. The topological polar surface area (TPSA) is 79.6 Å². The fourth-order valence-corrected chi connectivity index (χ4v) is 3.80. The molecule has 3 aromatic carbocycles. The highest BCUT2D eigenvalue weighted by atomic mass is 16.2. The summed E-state index contributed by atoms with van der Waals surface area (Å²) in [6.07, 6.45) is 1.59. The van der Waals surface area contributed by atoms with Gasteiger partial charge in [-0.25, -0.2) is 10.1 Å². The molecule has 0 radical (unpaired) electrons. The monoisotopic (exact) mass is 453 g/mol. The Hall–Kier alpha value is -4.26. The number of carbonyl (C=O) groups is 1. The van der Waals surface area contributed by atoms with Gasteiger partial charge in [0.2, 0.25) is 0 Å². The molecule has 34 heavy (non-hydrogen) atoms. The Morgan fingerprint density at radius 2 is 1.65 bits per heavy atom. The van der Waals surface area contributed by atoms with E-state index in [1.165, 1.54) is 10.2 Å². The van der Waals surface area contributed by atoms with E-state index in [1.807, 2.05) is 49.4 Å². The molecule has 1 heterocycles. The average molecular weight is 454 g/mol. The van der Waals surface area contributed by atoms with Gasteiger partial charge in [-0.05, 0) is 43.2 Å². The zero-order valence-corrected chi connectivity index (χ0v) is 19.3. The molecule has 172 valence electrons. The van der Waals surface area contributed by atoms with Gasteiger partial charge in [-0.1, -0.05) is 60.7 Å². The zero-order chi connectivity index (χ0) is 23.9. The smallest absolute Gasteiger partial charge is 0.292 e. The number of nitrogens with one attached hydrogen (secondary N) is 1. The second kappa shape index (κ2) is 10.6. The quantitative estimate of drug-likeness (QED) is 0.320. The van der Waals surface area contributed by atoms with E-state index < -0.39 is 5.91 Å². The van der Waals surface area contributed by atoms with Crippen LogP contribution in [-0.4, -0.2) is 28.4 Å². The molecule has 0 saturated heterocycles. The highest BCUT2D eigenvalue weighted by molar-refractivity contribution is 6.04. The number of aryl methyl sites for hydroxylation is 1. The van der Waals surface area contributed by atoms with Crippen molar-refractivity contribution in [3.8, 4) is 0 Å². The van der Waals surface area contributed by atoms with Crippen LogP contribution < -0.4 is 15.9 Å². The van der Waals surface area contributed by atoms with E-state index in [4.69, 9.17) is 0 Å². The van der Waals surface area contributed by atoms with Gasteiger partial charge in [-0.15, -0.1) is 0 Å². The third kappa shape index (κ3) is 5.04. The Bertz CT molecular complexity index is 1360. The predicted octanol–water partition coefficient (Wildman–Crippen LogP) is 4.21. The minimum Gasteiger partial charge on any atom is -0.367 e. The molecular formula is C27H27N5O2. The van der Waals surface area contributed by atoms with Crippen molar-refractivity contribution in [2.24, 2.45) is 5.10 Å². The fourth-order valence-electron chi connectivity index (χ4n) is 3.80. The van der Waals surface area contributed by atoms with Crippen molar-refractivity contribution in [2.75, 3.05) is 11.4 Å². The number of nitrogens with zero attached hydrogens (tertiary/aromatic N) is 4. The molecule has 0 saturated carbocycles. The van der Waals surface area contributed by atoms with Crippen LogP contribution in [0.15, 0.2) is 88.8 Å². The summed E-state index contributed by atoms with van der Waals surface area (Å²) in [5, 5.41) is 9.30. The number of hydrogen-bond acceptors (Lipinski definition) is 5. The molecule has 0 unspecified atom stereocenters. The van der Waals surface area contributed by atoms with Crippen LogP contribution in [-0.2, 0) is 13.1 Å². The maximum Gasteiger partial charge on any atom is 0.292 e. The van der Waals surface area contributed by atoms with Gasteiger partial charge in [-0.2, -0.15) is 10.2 Å². The largest absolute Gasteiger partial charge is 0.367 e. The van der Waals surface area contributed by atoms with Crippen LogP contribution in [0, 0.1) is 0 Å². The van der Waals surface area contributed by atoms with Crippen LogP contribution in [0.2, 0.25) is 0 Å². The summed E-state index contributed by atoms with van der Waals surface area (Å²) in [5.41, 5.74) is 5.72. The molecule has 0 fully saturated rings. The van der Waals surface area contributed by atoms with Crippen molar-refractivity contribution < 1.29 is 4.79 Å². The molecule has 7 nitrogen and oxygen atoms in total. The number of anilines is 1. The number of rotatable bonds is 8. The van der Waals surface area contributed by atoms with E-state index in [0.29, 0.717) is 17.3 Å². The lowest BCUT2D eigenvalue weighted by Crippen LogP contribution is -2.28. The van der Waals surface area contributed by atoms with E-state index in [1.54, 1.807) is 30.5 Å². The highest BCUT2D eigenvalue weighted by Crippen LogP contribution is 2.18. The summed E-state index contributed by atoms with van der Waals surface area (Å²) in [6.45, 7) is 6.04. The van der Waals surface area contributed by atoms with E-state index in [9.17, 15) is 9.59 Å². The molecule has 1 amide bonds. The first-order valence-electron chi connectivity index (χ1n) is 11.3. The van der Waals surface area contributed by atoms with Crippen molar-refractivity contribution in [1.82, 2.24) is 15.2 Å². The molecule has 0 aliphatic rings. The van der Waals surface area contributed by atoms with E-state index >= 15 is 0 Å². The minimum atomic E-state index is -0.466. The lowest BCUT2D eigenvalue weighted by atomic mass is 10.1. The van der Waals surface area contributed by atoms with Gasteiger partial charge in [0.25, 0.3) is 11.5 Å². The summed E-state index contributed by atoms with van der Waals surface area (Å²) in [7, 11) is 0. The predicted molar refractivity (Wildman–Crippen MR) is 136 cm³/mol. The van der Waals surface area contributed by atoms with Crippen molar-refractivity contribution in [3.63, 3.8) is 0 Å². The lowest BCUT2D eigenvalue weighted by molar-refractivity contribution is 0.0949. The van der Waals surface area contributed by atoms with Gasteiger partial charge < -0.3 is 4.90 Å². The molecular weight excluding hydrogens is 426 g/mol. The zero-order valence-electron chi connectivity index (χ0n) is 19.3. The highest BCUT2D eigenvalue weighted by Gasteiger charge is 2.15. The molecule has 0 bridgehead atoms. The van der Waals surface area contributed by atoms with Gasteiger partial charge in [-0.3, -0.25) is 9.59 Å². The van der Waals surface area contributed by atoms with Gasteiger partial charge >= 0.3 is 0 Å². The van der Waals surface area contributed by atoms with Crippen LogP contribution in [0.1, 0.15) is 35.5 Å². The van der Waals surface area contributed by atoms with Crippen molar-refractivity contribution in [2.45, 2.75) is 26.9 Å².